The molecule has 2 atom stereocenters. The Hall–Kier alpha value is -1.85. The number of hydrogen-bond donors (Lipinski definition) is 0. The third kappa shape index (κ3) is 4.61. The van der Waals surface area contributed by atoms with E-state index < -0.39 is 0 Å². The highest BCUT2D eigenvalue weighted by Gasteiger charge is 2.28. The number of halogens is 1. The van der Waals surface area contributed by atoms with Crippen molar-refractivity contribution in [3.8, 4) is 5.75 Å². The van der Waals surface area contributed by atoms with Crippen molar-refractivity contribution in [2.24, 2.45) is 0 Å². The first kappa shape index (κ1) is 18.0. The van der Waals surface area contributed by atoms with E-state index in [0.717, 1.165) is 10.0 Å². The fourth-order valence-corrected chi connectivity index (χ4v) is 3.52. The summed E-state index contributed by atoms with van der Waals surface area (Å²) in [6, 6.07) is 15.4. The van der Waals surface area contributed by atoms with Crippen molar-refractivity contribution in [1.29, 1.82) is 0 Å². The summed E-state index contributed by atoms with van der Waals surface area (Å²) in [5, 5.41) is 0. The summed E-state index contributed by atoms with van der Waals surface area (Å²) in [5.41, 5.74) is 1.64. The van der Waals surface area contributed by atoms with Crippen molar-refractivity contribution in [1.82, 2.24) is 4.90 Å². The van der Waals surface area contributed by atoms with Crippen LogP contribution in [0, 0.1) is 0 Å². The SMILES string of the molecule is CC1CN(C(=O)c2ccccc2OCc2cccc(Br)c2)CC(C)O1. The van der Waals surface area contributed by atoms with Gasteiger partial charge in [-0.1, -0.05) is 40.2 Å². The van der Waals surface area contributed by atoms with E-state index in [1.54, 1.807) is 0 Å². The first-order chi connectivity index (χ1) is 12.0. The molecule has 3 rings (SSSR count). The lowest BCUT2D eigenvalue weighted by atomic mass is 10.1. The first-order valence-electron chi connectivity index (χ1n) is 8.44. The van der Waals surface area contributed by atoms with Gasteiger partial charge in [0.15, 0.2) is 0 Å². The maximum atomic E-state index is 13.0. The number of ether oxygens (including phenoxy) is 2. The average Bonchev–Trinajstić information content (AvgIpc) is 2.59. The number of carbonyl (C=O) groups is 1. The Balaban J connectivity index is 1.75. The zero-order chi connectivity index (χ0) is 17.8. The van der Waals surface area contributed by atoms with E-state index in [-0.39, 0.29) is 18.1 Å². The van der Waals surface area contributed by atoms with Gasteiger partial charge in [0.05, 0.1) is 17.8 Å². The molecule has 0 aliphatic carbocycles. The topological polar surface area (TPSA) is 38.8 Å². The number of rotatable bonds is 4. The van der Waals surface area contributed by atoms with Crippen molar-refractivity contribution < 1.29 is 14.3 Å². The van der Waals surface area contributed by atoms with Crippen molar-refractivity contribution in [2.75, 3.05) is 13.1 Å². The van der Waals surface area contributed by atoms with Crippen LogP contribution in [-0.4, -0.2) is 36.1 Å². The maximum Gasteiger partial charge on any atom is 0.257 e. The highest BCUT2D eigenvalue weighted by atomic mass is 79.9. The number of nitrogens with zero attached hydrogens (tertiary/aromatic N) is 1. The number of benzene rings is 2. The minimum Gasteiger partial charge on any atom is -0.488 e. The molecule has 0 saturated carbocycles. The first-order valence-corrected chi connectivity index (χ1v) is 9.23. The van der Waals surface area contributed by atoms with Gasteiger partial charge in [-0.2, -0.15) is 0 Å². The van der Waals surface area contributed by atoms with E-state index in [1.807, 2.05) is 67.3 Å². The van der Waals surface area contributed by atoms with Crippen LogP contribution >= 0.6 is 15.9 Å². The predicted molar refractivity (Wildman–Crippen MR) is 101 cm³/mol. The molecular weight excluding hydrogens is 382 g/mol. The molecule has 0 N–H and O–H groups in total. The van der Waals surface area contributed by atoms with E-state index in [0.29, 0.717) is 31.0 Å². The second-order valence-electron chi connectivity index (χ2n) is 6.38. The van der Waals surface area contributed by atoms with Crippen LogP contribution in [0.1, 0.15) is 29.8 Å². The van der Waals surface area contributed by atoms with Crippen LogP contribution in [0.3, 0.4) is 0 Å². The zero-order valence-electron chi connectivity index (χ0n) is 14.4. The van der Waals surface area contributed by atoms with E-state index in [9.17, 15) is 4.79 Å². The minimum atomic E-state index is -0.00755. The highest BCUT2D eigenvalue weighted by Crippen LogP contribution is 2.23. The molecule has 0 bridgehead atoms. The van der Waals surface area contributed by atoms with Crippen molar-refractivity contribution in [3.05, 3.63) is 64.1 Å². The molecule has 0 aromatic heterocycles. The Kier molecular flexibility index (Phi) is 5.76. The molecule has 1 aliphatic heterocycles. The number of amides is 1. The van der Waals surface area contributed by atoms with Gasteiger partial charge in [-0.05, 0) is 43.7 Å². The van der Waals surface area contributed by atoms with Gasteiger partial charge in [-0.3, -0.25) is 4.79 Å². The monoisotopic (exact) mass is 403 g/mol. The summed E-state index contributed by atoms with van der Waals surface area (Å²) in [4.78, 5) is 14.8. The zero-order valence-corrected chi connectivity index (χ0v) is 16.0. The smallest absolute Gasteiger partial charge is 0.257 e. The number of hydrogen-bond acceptors (Lipinski definition) is 3. The Morgan fingerprint density at radius 1 is 1.16 bits per heavy atom. The van der Waals surface area contributed by atoms with Gasteiger partial charge in [-0.15, -0.1) is 0 Å². The van der Waals surface area contributed by atoms with E-state index >= 15 is 0 Å². The second kappa shape index (κ2) is 8.02. The largest absolute Gasteiger partial charge is 0.488 e. The summed E-state index contributed by atoms with van der Waals surface area (Å²) < 4.78 is 12.7. The Labute approximate surface area is 156 Å². The molecule has 1 amide bonds. The van der Waals surface area contributed by atoms with Crippen LogP contribution in [0.25, 0.3) is 0 Å². The van der Waals surface area contributed by atoms with Crippen LogP contribution < -0.4 is 4.74 Å². The van der Waals surface area contributed by atoms with Gasteiger partial charge in [0, 0.05) is 17.6 Å². The highest BCUT2D eigenvalue weighted by molar-refractivity contribution is 9.10. The van der Waals surface area contributed by atoms with Crippen molar-refractivity contribution >= 4 is 21.8 Å². The maximum absolute atomic E-state index is 13.0. The number of morpholine rings is 1. The van der Waals surface area contributed by atoms with Crippen LogP contribution in [0.5, 0.6) is 5.75 Å². The van der Waals surface area contributed by atoms with Gasteiger partial charge >= 0.3 is 0 Å². The fraction of sp³-hybridized carbons (Fsp3) is 0.350. The van der Waals surface area contributed by atoms with Gasteiger partial charge < -0.3 is 14.4 Å². The molecule has 2 aromatic carbocycles. The van der Waals surface area contributed by atoms with Gasteiger partial charge in [0.25, 0.3) is 5.91 Å². The normalized spacial score (nSPS) is 20.4. The third-order valence-electron chi connectivity index (χ3n) is 4.11. The van der Waals surface area contributed by atoms with Crippen LogP contribution in [0.2, 0.25) is 0 Å². The van der Waals surface area contributed by atoms with E-state index in [1.165, 1.54) is 0 Å². The molecule has 2 aromatic rings. The lowest BCUT2D eigenvalue weighted by Gasteiger charge is -2.35. The number of para-hydroxylation sites is 1. The Morgan fingerprint density at radius 3 is 2.60 bits per heavy atom. The molecule has 1 heterocycles. The van der Waals surface area contributed by atoms with Crippen LogP contribution in [0.15, 0.2) is 53.0 Å². The van der Waals surface area contributed by atoms with Gasteiger partial charge in [0.2, 0.25) is 0 Å². The molecule has 1 aliphatic rings. The van der Waals surface area contributed by atoms with Crippen molar-refractivity contribution in [2.45, 2.75) is 32.7 Å². The van der Waals surface area contributed by atoms with Gasteiger partial charge in [0.1, 0.15) is 12.4 Å². The van der Waals surface area contributed by atoms with Crippen LogP contribution in [-0.2, 0) is 11.3 Å². The molecule has 2 unspecified atom stereocenters. The molecule has 5 heteroatoms. The summed E-state index contributed by atoms with van der Waals surface area (Å²) in [6.07, 6.45) is 0.0879. The average molecular weight is 404 g/mol. The predicted octanol–water partition coefficient (Wildman–Crippen LogP) is 4.28. The molecular formula is C20H22BrNO3. The third-order valence-corrected chi connectivity index (χ3v) is 4.60. The summed E-state index contributed by atoms with van der Waals surface area (Å²) in [7, 11) is 0. The second-order valence-corrected chi connectivity index (χ2v) is 7.30. The minimum absolute atomic E-state index is 0.00755. The Bertz CT molecular complexity index is 739. The molecule has 1 saturated heterocycles. The van der Waals surface area contributed by atoms with Gasteiger partial charge in [-0.25, -0.2) is 0 Å². The molecule has 132 valence electrons. The molecule has 4 nitrogen and oxygen atoms in total. The molecule has 0 radical (unpaired) electrons. The summed E-state index contributed by atoms with van der Waals surface area (Å²) >= 11 is 3.46. The molecule has 0 spiro atoms. The summed E-state index contributed by atoms with van der Waals surface area (Å²) in [6.45, 7) is 5.60. The lowest BCUT2D eigenvalue weighted by molar-refractivity contribution is -0.0586. The number of carbonyl (C=O) groups excluding carboxylic acids is 1. The van der Waals surface area contributed by atoms with E-state index in [2.05, 4.69) is 15.9 Å². The molecule has 25 heavy (non-hydrogen) atoms. The quantitative estimate of drug-likeness (QED) is 0.764. The standard InChI is InChI=1S/C20H22BrNO3/c1-14-11-22(12-15(2)25-14)20(23)18-8-3-4-9-19(18)24-13-16-6-5-7-17(21)10-16/h3-10,14-15H,11-13H2,1-2H3. The summed E-state index contributed by atoms with van der Waals surface area (Å²) in [5.74, 6) is 0.603. The van der Waals surface area contributed by atoms with E-state index in [4.69, 9.17) is 9.47 Å². The van der Waals surface area contributed by atoms with Crippen LogP contribution in [0.4, 0.5) is 0 Å². The molecule has 1 fully saturated rings. The lowest BCUT2D eigenvalue weighted by Crippen LogP contribution is -2.48. The fourth-order valence-electron chi connectivity index (χ4n) is 3.07. The van der Waals surface area contributed by atoms with Crippen molar-refractivity contribution in [3.63, 3.8) is 0 Å². The Morgan fingerprint density at radius 2 is 1.88 bits per heavy atom.